The van der Waals surface area contributed by atoms with E-state index in [1.54, 1.807) is 0 Å². The molecule has 0 bridgehead atoms. The Morgan fingerprint density at radius 1 is 0.944 bits per heavy atom. The molecule has 0 saturated carbocycles. The van der Waals surface area contributed by atoms with Crippen molar-refractivity contribution >= 4 is 26.7 Å². The fourth-order valence-corrected chi connectivity index (χ4v) is 2.12. The third-order valence-corrected chi connectivity index (χ3v) is 3.24. The monoisotopic (exact) mass is 308 g/mol. The molecule has 0 radical (unpaired) electrons. The molecule has 2 rings (SSSR count). The van der Waals surface area contributed by atoms with E-state index in [2.05, 4.69) is 28.1 Å². The Labute approximate surface area is 116 Å². The number of rotatable bonds is 6. The second kappa shape index (κ2) is 6.64. The van der Waals surface area contributed by atoms with Crippen LogP contribution < -0.4 is 9.47 Å². The lowest BCUT2D eigenvalue weighted by Gasteiger charge is -2.12. The number of hydrogen-bond donors (Lipinski definition) is 0. The predicted molar refractivity (Wildman–Crippen MR) is 79.0 cm³/mol. The van der Waals surface area contributed by atoms with E-state index in [4.69, 9.17) is 9.47 Å². The highest BCUT2D eigenvalue weighted by Crippen LogP contribution is 2.33. The minimum absolute atomic E-state index is 0.674. The third kappa shape index (κ3) is 2.96. The van der Waals surface area contributed by atoms with Crippen LogP contribution in [0.15, 0.2) is 36.4 Å². The van der Waals surface area contributed by atoms with E-state index in [1.807, 2.05) is 31.2 Å². The highest BCUT2D eigenvalue weighted by molar-refractivity contribution is 9.09. The van der Waals surface area contributed by atoms with Crippen molar-refractivity contribution in [3.05, 3.63) is 36.4 Å². The van der Waals surface area contributed by atoms with Gasteiger partial charge in [0.15, 0.2) is 0 Å². The van der Waals surface area contributed by atoms with Crippen LogP contribution in [0.4, 0.5) is 0 Å². The van der Waals surface area contributed by atoms with Gasteiger partial charge in [0.25, 0.3) is 0 Å². The smallest absolute Gasteiger partial charge is 0.127 e. The Balaban J connectivity index is 2.34. The average Bonchev–Trinajstić information content (AvgIpc) is 2.41. The number of fused-ring (bicyclic) bond motifs is 1. The zero-order valence-electron chi connectivity index (χ0n) is 10.5. The molecule has 0 spiro atoms. The number of ether oxygens (including phenoxy) is 2. The van der Waals surface area contributed by atoms with Crippen LogP contribution in [-0.2, 0) is 0 Å². The largest absolute Gasteiger partial charge is 0.493 e. The van der Waals surface area contributed by atoms with Crippen LogP contribution in [0.2, 0.25) is 0 Å². The van der Waals surface area contributed by atoms with Crippen molar-refractivity contribution in [2.75, 3.05) is 18.5 Å². The highest BCUT2D eigenvalue weighted by Gasteiger charge is 2.06. The van der Waals surface area contributed by atoms with Crippen molar-refractivity contribution in [1.29, 1.82) is 0 Å². The summed E-state index contributed by atoms with van der Waals surface area (Å²) in [6.07, 6.45) is 1.00. The Hall–Kier alpha value is -1.22. The van der Waals surface area contributed by atoms with Crippen molar-refractivity contribution < 1.29 is 9.47 Å². The zero-order valence-corrected chi connectivity index (χ0v) is 12.1. The highest BCUT2D eigenvalue weighted by atomic mass is 79.9. The van der Waals surface area contributed by atoms with Gasteiger partial charge in [0.1, 0.15) is 11.5 Å². The van der Waals surface area contributed by atoms with Gasteiger partial charge in [-0.05, 0) is 25.5 Å². The molecule has 2 aromatic carbocycles. The molecule has 0 saturated heterocycles. The lowest BCUT2D eigenvalue weighted by Crippen LogP contribution is -1.99. The summed E-state index contributed by atoms with van der Waals surface area (Å²) in [7, 11) is 0. The zero-order chi connectivity index (χ0) is 12.8. The molecule has 2 nitrogen and oxygen atoms in total. The van der Waals surface area contributed by atoms with Crippen LogP contribution in [0.1, 0.15) is 13.3 Å². The molecule has 0 aliphatic carbocycles. The molecule has 18 heavy (non-hydrogen) atoms. The fourth-order valence-electron chi connectivity index (χ4n) is 1.89. The Morgan fingerprint density at radius 2 is 1.56 bits per heavy atom. The molecular formula is C15H17BrO2. The lowest BCUT2D eigenvalue weighted by molar-refractivity contribution is 0.320. The minimum atomic E-state index is 0.674. The molecule has 0 amide bonds. The first-order valence-electron chi connectivity index (χ1n) is 6.20. The molecule has 0 fully saturated rings. The van der Waals surface area contributed by atoms with E-state index in [9.17, 15) is 0 Å². The quantitative estimate of drug-likeness (QED) is 0.581. The van der Waals surface area contributed by atoms with E-state index in [1.165, 1.54) is 0 Å². The number of alkyl halides is 1. The second-order valence-electron chi connectivity index (χ2n) is 3.93. The number of hydrogen-bond acceptors (Lipinski definition) is 2. The molecular weight excluding hydrogens is 292 g/mol. The van der Waals surface area contributed by atoms with Gasteiger partial charge >= 0.3 is 0 Å². The van der Waals surface area contributed by atoms with Crippen LogP contribution >= 0.6 is 15.9 Å². The van der Waals surface area contributed by atoms with Gasteiger partial charge < -0.3 is 9.47 Å². The van der Waals surface area contributed by atoms with Crippen molar-refractivity contribution in [3.8, 4) is 11.5 Å². The van der Waals surface area contributed by atoms with Crippen LogP contribution in [0, 0.1) is 0 Å². The van der Waals surface area contributed by atoms with E-state index in [0.29, 0.717) is 6.61 Å². The summed E-state index contributed by atoms with van der Waals surface area (Å²) in [5, 5.41) is 3.18. The van der Waals surface area contributed by atoms with Gasteiger partial charge in [-0.25, -0.2) is 0 Å². The molecule has 0 unspecified atom stereocenters. The lowest BCUT2D eigenvalue weighted by atomic mass is 10.1. The first-order valence-corrected chi connectivity index (χ1v) is 7.32. The summed E-state index contributed by atoms with van der Waals surface area (Å²) < 4.78 is 11.4. The molecule has 0 heterocycles. The topological polar surface area (TPSA) is 18.5 Å². The Morgan fingerprint density at radius 3 is 2.11 bits per heavy atom. The van der Waals surface area contributed by atoms with E-state index in [-0.39, 0.29) is 0 Å². The second-order valence-corrected chi connectivity index (χ2v) is 4.72. The van der Waals surface area contributed by atoms with Crippen molar-refractivity contribution in [2.45, 2.75) is 13.3 Å². The maximum Gasteiger partial charge on any atom is 0.127 e. The maximum absolute atomic E-state index is 5.81. The van der Waals surface area contributed by atoms with Crippen molar-refractivity contribution in [1.82, 2.24) is 0 Å². The van der Waals surface area contributed by atoms with Gasteiger partial charge in [-0.3, -0.25) is 0 Å². The summed E-state index contributed by atoms with van der Waals surface area (Å²) in [5.74, 6) is 1.84. The fraction of sp³-hybridized carbons (Fsp3) is 0.333. The van der Waals surface area contributed by atoms with Gasteiger partial charge in [0.05, 0.1) is 13.2 Å². The molecule has 0 aliphatic rings. The summed E-state index contributed by atoms with van der Waals surface area (Å²) >= 11 is 3.40. The van der Waals surface area contributed by atoms with Gasteiger partial charge in [-0.15, -0.1) is 0 Å². The molecule has 96 valence electrons. The normalized spacial score (nSPS) is 10.6. The summed E-state index contributed by atoms with van der Waals surface area (Å²) in [4.78, 5) is 0. The van der Waals surface area contributed by atoms with Gasteiger partial charge in [-0.1, -0.05) is 40.2 Å². The number of halogens is 1. The van der Waals surface area contributed by atoms with Crippen LogP contribution in [-0.4, -0.2) is 18.5 Å². The molecule has 0 aromatic heterocycles. The predicted octanol–water partition coefficient (Wildman–Crippen LogP) is 4.40. The van der Waals surface area contributed by atoms with Gasteiger partial charge in [0, 0.05) is 16.1 Å². The Kier molecular flexibility index (Phi) is 4.88. The molecule has 0 atom stereocenters. The van der Waals surface area contributed by atoms with Crippen molar-refractivity contribution in [2.24, 2.45) is 0 Å². The SMILES string of the molecule is CCOc1ccc(OCCCBr)c2ccccc12. The Bertz CT molecular complexity index is 511. The van der Waals surface area contributed by atoms with E-state index >= 15 is 0 Å². The summed E-state index contributed by atoms with van der Waals surface area (Å²) in [5.41, 5.74) is 0. The summed E-state index contributed by atoms with van der Waals surface area (Å²) in [6, 6.07) is 12.2. The summed E-state index contributed by atoms with van der Waals surface area (Å²) in [6.45, 7) is 3.40. The van der Waals surface area contributed by atoms with E-state index < -0.39 is 0 Å². The van der Waals surface area contributed by atoms with Gasteiger partial charge in [-0.2, -0.15) is 0 Å². The molecule has 2 aromatic rings. The molecule has 0 N–H and O–H groups in total. The van der Waals surface area contributed by atoms with Gasteiger partial charge in [0.2, 0.25) is 0 Å². The molecule has 3 heteroatoms. The third-order valence-electron chi connectivity index (χ3n) is 2.68. The number of benzene rings is 2. The van der Waals surface area contributed by atoms with Crippen LogP contribution in [0.5, 0.6) is 11.5 Å². The van der Waals surface area contributed by atoms with E-state index in [0.717, 1.165) is 40.6 Å². The van der Waals surface area contributed by atoms with Crippen LogP contribution in [0.3, 0.4) is 0 Å². The maximum atomic E-state index is 5.81. The van der Waals surface area contributed by atoms with Crippen LogP contribution in [0.25, 0.3) is 10.8 Å². The standard InChI is InChI=1S/C15H17BrO2/c1-2-17-14-8-9-15(18-11-5-10-16)13-7-4-3-6-12(13)14/h3-4,6-9H,2,5,10-11H2,1H3. The molecule has 0 aliphatic heterocycles. The van der Waals surface area contributed by atoms with Crippen molar-refractivity contribution in [3.63, 3.8) is 0 Å². The first-order chi connectivity index (χ1) is 8.86. The average molecular weight is 309 g/mol. The minimum Gasteiger partial charge on any atom is -0.493 e. The first kappa shape index (κ1) is 13.2.